The molecular formula is C21H25N4O3+. The van der Waals surface area contributed by atoms with Crippen molar-refractivity contribution in [3.05, 3.63) is 70.3 Å². The van der Waals surface area contributed by atoms with Crippen molar-refractivity contribution in [2.24, 2.45) is 0 Å². The first kappa shape index (κ1) is 19.6. The number of hydrogen-bond acceptors (Lipinski definition) is 4. The van der Waals surface area contributed by atoms with Crippen LogP contribution in [0.1, 0.15) is 18.3 Å². The third-order valence-electron chi connectivity index (χ3n) is 4.63. The van der Waals surface area contributed by atoms with Crippen molar-refractivity contribution in [1.82, 2.24) is 9.38 Å². The summed E-state index contributed by atoms with van der Waals surface area (Å²) in [5, 5.41) is 2.89. The molecule has 1 aromatic carbocycles. The van der Waals surface area contributed by atoms with Gasteiger partial charge < -0.3 is 15.0 Å². The summed E-state index contributed by atoms with van der Waals surface area (Å²) < 4.78 is 6.76. The van der Waals surface area contributed by atoms with Crippen molar-refractivity contribution in [2.45, 2.75) is 20.4 Å². The highest BCUT2D eigenvalue weighted by Crippen LogP contribution is 2.16. The zero-order valence-corrected chi connectivity index (χ0v) is 16.4. The lowest BCUT2D eigenvalue weighted by molar-refractivity contribution is -0.904. The molecule has 0 aliphatic heterocycles. The van der Waals surface area contributed by atoms with Gasteiger partial charge in [0.15, 0.2) is 6.54 Å². The van der Waals surface area contributed by atoms with Gasteiger partial charge in [-0.05, 0) is 38.1 Å². The first-order valence-corrected chi connectivity index (χ1v) is 9.26. The minimum Gasteiger partial charge on any atom is -0.497 e. The summed E-state index contributed by atoms with van der Waals surface area (Å²) in [4.78, 5) is 30.5. The van der Waals surface area contributed by atoms with Crippen LogP contribution in [-0.2, 0) is 11.3 Å². The van der Waals surface area contributed by atoms with E-state index in [1.807, 2.05) is 50.2 Å². The van der Waals surface area contributed by atoms with E-state index in [1.54, 1.807) is 23.6 Å². The minimum absolute atomic E-state index is 0.0986. The van der Waals surface area contributed by atoms with E-state index in [2.05, 4.69) is 10.3 Å². The number of benzene rings is 1. The topological polar surface area (TPSA) is 77.1 Å². The summed E-state index contributed by atoms with van der Waals surface area (Å²) in [7, 11) is 1.59. The van der Waals surface area contributed by atoms with Gasteiger partial charge in [-0.1, -0.05) is 12.1 Å². The number of quaternary nitrogens is 1. The Balaban J connectivity index is 1.71. The number of carbonyl (C=O) groups excluding carboxylic acids is 1. The minimum atomic E-state index is -0.102. The summed E-state index contributed by atoms with van der Waals surface area (Å²) in [5.74, 6) is 0.590. The number of hydrogen-bond donors (Lipinski definition) is 2. The van der Waals surface area contributed by atoms with Crippen LogP contribution < -0.4 is 20.5 Å². The summed E-state index contributed by atoms with van der Waals surface area (Å²) in [6, 6.07) is 14.4. The molecule has 2 N–H and O–H groups in total. The first-order chi connectivity index (χ1) is 13.5. The van der Waals surface area contributed by atoms with Gasteiger partial charge in [0.2, 0.25) is 0 Å². The fourth-order valence-corrected chi connectivity index (χ4v) is 3.16. The van der Waals surface area contributed by atoms with Crippen molar-refractivity contribution in [3.63, 3.8) is 0 Å². The van der Waals surface area contributed by atoms with Gasteiger partial charge in [0.1, 0.15) is 23.6 Å². The molecule has 2 heterocycles. The number of anilines is 1. The lowest BCUT2D eigenvalue weighted by Crippen LogP contribution is -3.11. The third-order valence-corrected chi connectivity index (χ3v) is 4.63. The third kappa shape index (κ3) is 4.55. The number of aromatic nitrogens is 2. The Bertz CT molecular complexity index is 1050. The lowest BCUT2D eigenvalue weighted by atomic mass is 10.3. The largest absolute Gasteiger partial charge is 0.497 e. The van der Waals surface area contributed by atoms with E-state index in [-0.39, 0.29) is 18.0 Å². The van der Waals surface area contributed by atoms with Crippen LogP contribution in [0.25, 0.3) is 5.65 Å². The van der Waals surface area contributed by atoms with Crippen LogP contribution in [0.5, 0.6) is 5.75 Å². The molecule has 1 atom stereocenters. The number of nitrogens with zero attached hydrogens (tertiary/aromatic N) is 2. The summed E-state index contributed by atoms with van der Waals surface area (Å²) >= 11 is 0. The van der Waals surface area contributed by atoms with Crippen molar-refractivity contribution >= 4 is 17.2 Å². The smallest absolute Gasteiger partial charge is 0.279 e. The summed E-state index contributed by atoms with van der Waals surface area (Å²) in [6.07, 6.45) is 0. The Kier molecular flexibility index (Phi) is 6.06. The standard InChI is InChI=1S/C21H24N4O3/c1-4-24(14-20(26)23-16-8-6-9-18(11-16)28-3)13-17-12-21(27)25-15(2)7-5-10-19(25)22-17/h5-12H,4,13-14H2,1-3H3,(H,23,26)/p+1. The molecule has 1 amide bonds. The van der Waals surface area contributed by atoms with Gasteiger partial charge in [-0.15, -0.1) is 0 Å². The van der Waals surface area contributed by atoms with Crippen molar-refractivity contribution in [2.75, 3.05) is 25.5 Å². The van der Waals surface area contributed by atoms with Crippen molar-refractivity contribution in [3.8, 4) is 5.75 Å². The summed E-state index contributed by atoms with van der Waals surface area (Å²) in [6.45, 7) is 5.40. The quantitative estimate of drug-likeness (QED) is 0.642. The van der Waals surface area contributed by atoms with Gasteiger partial charge >= 0.3 is 0 Å². The molecule has 2 aromatic heterocycles. The number of aryl methyl sites for hydroxylation is 1. The van der Waals surface area contributed by atoms with Crippen LogP contribution in [0.2, 0.25) is 0 Å². The van der Waals surface area contributed by atoms with Gasteiger partial charge in [0, 0.05) is 23.5 Å². The number of likely N-dealkylation sites (N-methyl/N-ethyl adjacent to an activating group) is 1. The maximum Gasteiger partial charge on any atom is 0.279 e. The Morgan fingerprint density at radius 3 is 2.75 bits per heavy atom. The number of carbonyl (C=O) groups is 1. The molecule has 0 spiro atoms. The van der Waals surface area contributed by atoms with Crippen molar-refractivity contribution in [1.29, 1.82) is 0 Å². The van der Waals surface area contributed by atoms with Gasteiger partial charge in [-0.25, -0.2) is 4.98 Å². The maximum absolute atomic E-state index is 12.4. The molecule has 0 aliphatic carbocycles. The maximum atomic E-state index is 12.4. The molecule has 0 aliphatic rings. The number of fused-ring (bicyclic) bond motifs is 1. The van der Waals surface area contributed by atoms with Crippen molar-refractivity contribution < 1.29 is 14.4 Å². The number of rotatable bonds is 7. The van der Waals surface area contributed by atoms with E-state index < -0.39 is 0 Å². The number of pyridine rings is 1. The van der Waals surface area contributed by atoms with Crippen LogP contribution in [0.15, 0.2) is 53.3 Å². The van der Waals surface area contributed by atoms with E-state index in [9.17, 15) is 9.59 Å². The highest BCUT2D eigenvalue weighted by atomic mass is 16.5. The van der Waals surface area contributed by atoms with Crippen LogP contribution >= 0.6 is 0 Å². The van der Waals surface area contributed by atoms with E-state index in [4.69, 9.17) is 4.74 Å². The predicted molar refractivity (Wildman–Crippen MR) is 108 cm³/mol. The van der Waals surface area contributed by atoms with Crippen LogP contribution in [0, 0.1) is 6.92 Å². The number of ether oxygens (including phenoxy) is 1. The van der Waals surface area contributed by atoms with Gasteiger partial charge in [0.25, 0.3) is 11.5 Å². The molecular weight excluding hydrogens is 356 g/mol. The van der Waals surface area contributed by atoms with Crippen LogP contribution in [0.3, 0.4) is 0 Å². The monoisotopic (exact) mass is 381 g/mol. The highest BCUT2D eigenvalue weighted by Gasteiger charge is 2.15. The van der Waals surface area contributed by atoms with E-state index >= 15 is 0 Å². The fourth-order valence-electron chi connectivity index (χ4n) is 3.16. The van der Waals surface area contributed by atoms with Crippen LogP contribution in [-0.4, -0.2) is 35.5 Å². The molecule has 28 heavy (non-hydrogen) atoms. The Morgan fingerprint density at radius 1 is 1.21 bits per heavy atom. The average Bonchev–Trinajstić information content (AvgIpc) is 2.67. The summed E-state index contributed by atoms with van der Waals surface area (Å²) in [5.41, 5.74) is 2.74. The van der Waals surface area contributed by atoms with Gasteiger partial charge in [-0.2, -0.15) is 0 Å². The average molecular weight is 381 g/mol. The number of nitrogens with one attached hydrogen (secondary N) is 2. The van der Waals surface area contributed by atoms with Crippen LogP contribution in [0.4, 0.5) is 5.69 Å². The fraction of sp³-hybridized carbons (Fsp3) is 0.286. The zero-order valence-electron chi connectivity index (χ0n) is 16.4. The lowest BCUT2D eigenvalue weighted by Gasteiger charge is -2.17. The molecule has 0 fully saturated rings. The molecule has 0 radical (unpaired) electrons. The van der Waals surface area contributed by atoms with E-state index in [0.29, 0.717) is 29.3 Å². The molecule has 7 nitrogen and oxygen atoms in total. The second-order valence-corrected chi connectivity index (χ2v) is 6.68. The molecule has 7 heteroatoms. The van der Waals surface area contributed by atoms with Gasteiger partial charge in [0.05, 0.1) is 13.7 Å². The Labute approximate surface area is 163 Å². The molecule has 0 saturated heterocycles. The molecule has 3 aromatic rings. The number of methoxy groups -OCH3 is 1. The second kappa shape index (κ2) is 8.67. The second-order valence-electron chi connectivity index (χ2n) is 6.68. The van der Waals surface area contributed by atoms with E-state index in [1.165, 1.54) is 0 Å². The van der Waals surface area contributed by atoms with Gasteiger partial charge in [-0.3, -0.25) is 14.0 Å². The molecule has 0 bridgehead atoms. The predicted octanol–water partition coefficient (Wildman–Crippen LogP) is 1.06. The normalized spacial score (nSPS) is 12.0. The molecule has 3 rings (SSSR count). The zero-order chi connectivity index (χ0) is 20.1. The highest BCUT2D eigenvalue weighted by molar-refractivity contribution is 5.91. The Hall–Kier alpha value is -3.19. The Morgan fingerprint density at radius 2 is 2.00 bits per heavy atom. The molecule has 1 unspecified atom stereocenters. The first-order valence-electron chi connectivity index (χ1n) is 9.26. The molecule has 0 saturated carbocycles. The SMILES string of the molecule is CC[NH+](CC(=O)Nc1cccc(OC)c1)Cc1cc(=O)n2c(C)cccc2n1. The molecule has 146 valence electrons. The van der Waals surface area contributed by atoms with E-state index in [0.717, 1.165) is 17.1 Å². The number of amides is 1.